The second-order valence-corrected chi connectivity index (χ2v) is 2.87. The molecule has 0 saturated heterocycles. The van der Waals surface area contributed by atoms with Gasteiger partial charge in [-0.25, -0.2) is 0 Å². The van der Waals surface area contributed by atoms with Crippen molar-refractivity contribution in [2.45, 2.75) is 6.92 Å². The van der Waals surface area contributed by atoms with Crippen LogP contribution in [0.15, 0.2) is 30.3 Å². The van der Waals surface area contributed by atoms with Crippen LogP contribution in [0.5, 0.6) is 0 Å². The molecule has 0 spiro atoms. The third-order valence-electron chi connectivity index (χ3n) is 0.966. The second-order valence-electron chi connectivity index (χ2n) is 1.87. The van der Waals surface area contributed by atoms with Gasteiger partial charge >= 0.3 is 33.9 Å². The zero-order valence-electron chi connectivity index (χ0n) is 7.03. The molecule has 1 rings (SSSR count). The topological polar surface area (TPSA) is 9.23 Å². The minimum absolute atomic E-state index is 0. The summed E-state index contributed by atoms with van der Waals surface area (Å²) in [6.45, 7) is 2.72. The summed E-state index contributed by atoms with van der Waals surface area (Å²) >= 11 is 2.16. The smallest absolute Gasteiger partial charge is 0.0303 e. The van der Waals surface area contributed by atoms with Crippen molar-refractivity contribution in [3.63, 3.8) is 0 Å². The normalized spacial score (nSPS) is 7.42. The molecule has 0 amide bonds. The molecule has 1 radical (unpaired) electrons. The molecule has 4 heteroatoms. The molecule has 0 aliphatic carbocycles. The molecule has 1 aromatic rings. The van der Waals surface area contributed by atoms with Gasteiger partial charge in [0.1, 0.15) is 0 Å². The van der Waals surface area contributed by atoms with Crippen LogP contribution in [0, 0.1) is 0 Å². The van der Waals surface area contributed by atoms with Crippen molar-refractivity contribution in [2.24, 2.45) is 0 Å². The summed E-state index contributed by atoms with van der Waals surface area (Å²) in [6.07, 6.45) is 0. The molecule has 0 aliphatic rings. The molecule has 0 bridgehead atoms. The van der Waals surface area contributed by atoms with Gasteiger partial charge in [-0.05, 0) is 5.30 Å². The molecule has 0 saturated carbocycles. The summed E-state index contributed by atoms with van der Waals surface area (Å²) in [6, 6.07) is 10.1. The van der Waals surface area contributed by atoms with Gasteiger partial charge in [-0.15, -0.1) is 9.24 Å². The Hall–Kier alpha value is 0.432. The fourth-order valence-corrected chi connectivity index (χ4v) is 0.675. The molecule has 0 aromatic heterocycles. The van der Waals surface area contributed by atoms with E-state index >= 15 is 0 Å². The first-order valence-corrected chi connectivity index (χ1v) is 4.48. The van der Waals surface area contributed by atoms with E-state index in [-0.39, 0.29) is 12.4 Å². The van der Waals surface area contributed by atoms with Crippen LogP contribution >= 0.6 is 9.24 Å². The minimum Gasteiger partial charge on any atom is -1.00 e. The van der Waals surface area contributed by atoms with Crippen LogP contribution < -0.4 is 17.7 Å². The van der Waals surface area contributed by atoms with Crippen LogP contribution in [0.2, 0.25) is 0 Å². The molecule has 1 atom stereocenters. The van der Waals surface area contributed by atoms with E-state index in [1.807, 2.05) is 37.3 Å². The quantitative estimate of drug-likeness (QED) is 0.403. The first-order chi connectivity index (χ1) is 5.31. The number of halogens is 1. The van der Waals surface area contributed by atoms with Gasteiger partial charge in [0.25, 0.3) is 0 Å². The van der Waals surface area contributed by atoms with E-state index in [4.69, 9.17) is 0 Å². The van der Waals surface area contributed by atoms with Gasteiger partial charge in [0.05, 0.1) is 0 Å². The Morgan fingerprint density at radius 3 is 1.92 bits per heavy atom. The first kappa shape index (κ1) is 14.9. The maximum absolute atomic E-state index is 4.46. The average molecular weight is 218 g/mol. The van der Waals surface area contributed by atoms with Crippen molar-refractivity contribution in [3.05, 3.63) is 30.3 Å². The second kappa shape index (κ2) is 11.4. The maximum Gasteiger partial charge on any atom is -0.0303 e. The molecule has 12 heavy (non-hydrogen) atoms. The van der Waals surface area contributed by atoms with Crippen molar-refractivity contribution in [1.82, 2.24) is 0 Å². The monoisotopic (exact) mass is 217 g/mol. The van der Waals surface area contributed by atoms with Gasteiger partial charge in [0.15, 0.2) is 0 Å². The summed E-state index contributed by atoms with van der Waals surface area (Å²) in [5, 5.41) is 1.24. The largest absolute Gasteiger partial charge is 1.00 e. The molecule has 65 valence electrons. The Balaban J connectivity index is 0. The predicted molar refractivity (Wildman–Crippen MR) is 53.2 cm³/mol. The minimum atomic E-state index is 0. The van der Waals surface area contributed by atoms with Crippen molar-refractivity contribution in [1.29, 1.82) is 0 Å². The Morgan fingerprint density at radius 2 is 1.75 bits per heavy atom. The average Bonchev–Trinajstić information content (AvgIpc) is 2.07. The van der Waals surface area contributed by atoms with Gasteiger partial charge < -0.3 is 12.4 Å². The fourth-order valence-electron chi connectivity index (χ4n) is 0.453. The Labute approximate surface area is 91.3 Å². The molecule has 0 N–H and O–H groups in total. The van der Waals surface area contributed by atoms with Crippen molar-refractivity contribution < 1.29 is 16.2 Å². The van der Waals surface area contributed by atoms with Gasteiger partial charge in [-0.3, -0.25) is 0 Å². The SMILES string of the molecule is CC[O][Al+].Pc1ccccc1.[Cl-]. The van der Waals surface area contributed by atoms with Crippen LogP contribution in [0.4, 0.5) is 0 Å². The standard InChI is InChI=1S/C6H7P.C2H5O.Al.ClH/c7-6-4-2-1-3-5-6;1-2-3;;/h1-5H,7H2;2H2,1H3;;1H/q;-1;+2;/p-1. The van der Waals surface area contributed by atoms with Gasteiger partial charge in [0.2, 0.25) is 0 Å². The zero-order chi connectivity index (χ0) is 8.53. The van der Waals surface area contributed by atoms with Crippen LogP contribution in [0.3, 0.4) is 0 Å². The third-order valence-corrected chi connectivity index (χ3v) is 1.68. The molecule has 0 heterocycles. The van der Waals surface area contributed by atoms with Crippen LogP contribution in [-0.4, -0.2) is 23.2 Å². The van der Waals surface area contributed by atoms with Crippen LogP contribution in [0.25, 0.3) is 0 Å². The maximum atomic E-state index is 4.46. The van der Waals surface area contributed by atoms with E-state index in [1.54, 1.807) is 0 Å². The Morgan fingerprint density at radius 1 is 1.33 bits per heavy atom. The van der Waals surface area contributed by atoms with E-state index in [0.717, 1.165) is 6.61 Å². The van der Waals surface area contributed by atoms with E-state index in [2.05, 4.69) is 29.7 Å². The van der Waals surface area contributed by atoms with E-state index < -0.39 is 0 Å². The number of hydrogen-bond donors (Lipinski definition) is 0. The summed E-state index contributed by atoms with van der Waals surface area (Å²) in [7, 11) is 2.63. The number of hydrogen-bond acceptors (Lipinski definition) is 1. The van der Waals surface area contributed by atoms with Gasteiger partial charge in [0, 0.05) is 0 Å². The van der Waals surface area contributed by atoms with E-state index in [9.17, 15) is 0 Å². The first-order valence-electron chi connectivity index (χ1n) is 3.43. The van der Waals surface area contributed by atoms with Gasteiger partial charge in [-0.1, -0.05) is 30.3 Å². The zero-order valence-corrected chi connectivity index (χ0v) is 10.1. The molecule has 1 unspecified atom stereocenters. The fraction of sp³-hybridized carbons (Fsp3) is 0.250. The molecule has 0 fully saturated rings. The van der Waals surface area contributed by atoms with E-state index in [1.165, 1.54) is 5.30 Å². The molecule has 1 nitrogen and oxygen atoms in total. The molecular weight excluding hydrogens is 205 g/mol. The third kappa shape index (κ3) is 10.4. The van der Waals surface area contributed by atoms with Crippen molar-refractivity contribution in [2.75, 3.05) is 6.61 Å². The van der Waals surface area contributed by atoms with Crippen LogP contribution in [-0.2, 0) is 3.79 Å². The number of rotatable bonds is 1. The van der Waals surface area contributed by atoms with Crippen molar-refractivity contribution in [3.8, 4) is 0 Å². The van der Waals surface area contributed by atoms with Crippen molar-refractivity contribution >= 4 is 31.2 Å². The summed E-state index contributed by atoms with van der Waals surface area (Å²) in [5.41, 5.74) is 0. The molecule has 1 aromatic carbocycles. The Kier molecular flexibility index (Phi) is 14.2. The molecule has 0 aliphatic heterocycles. The summed E-state index contributed by atoms with van der Waals surface area (Å²) < 4.78 is 4.46. The van der Waals surface area contributed by atoms with E-state index in [0.29, 0.717) is 0 Å². The summed E-state index contributed by atoms with van der Waals surface area (Å²) in [4.78, 5) is 0. The van der Waals surface area contributed by atoms with Crippen LogP contribution in [0.1, 0.15) is 6.92 Å². The predicted octanol–water partition coefficient (Wildman–Crippen LogP) is -1.70. The number of benzene rings is 1. The Bertz CT molecular complexity index is 170. The van der Waals surface area contributed by atoms with Gasteiger partial charge in [-0.2, -0.15) is 0 Å². The molecular formula is C8H12AlClOP. The summed E-state index contributed by atoms with van der Waals surface area (Å²) in [5.74, 6) is 0.